The van der Waals surface area contributed by atoms with Crippen LogP contribution in [0.1, 0.15) is 129 Å². The van der Waals surface area contributed by atoms with Gasteiger partial charge in [0.15, 0.2) is 0 Å². The number of hydrogen-bond acceptors (Lipinski definition) is 2. The molecule has 0 spiro atoms. The first kappa shape index (κ1) is 41.0. The Hall–Kier alpha value is -6.26. The maximum Gasteiger partial charge on any atom is 0.375 e. The quantitative estimate of drug-likeness (QED) is 0.161. The van der Waals surface area contributed by atoms with Crippen molar-refractivity contribution in [3.63, 3.8) is 0 Å². The van der Waals surface area contributed by atoms with Crippen LogP contribution in [0.5, 0.6) is 0 Å². The zero-order chi connectivity index (χ0) is 46.5. The largest absolute Gasteiger partial charge is 0.466 e. The molecular formula is C63H61BN2O. The average molecular weight is 873 g/mol. The van der Waals surface area contributed by atoms with Crippen molar-refractivity contribution in [3.8, 4) is 39.1 Å². The summed E-state index contributed by atoms with van der Waals surface area (Å²) in [7, 11) is 0. The van der Waals surface area contributed by atoms with Crippen LogP contribution in [0, 0.1) is 0 Å². The van der Waals surface area contributed by atoms with Crippen molar-refractivity contribution in [2.24, 2.45) is 0 Å². The monoisotopic (exact) mass is 872 g/mol. The van der Waals surface area contributed by atoms with E-state index in [1.54, 1.807) is 0 Å². The van der Waals surface area contributed by atoms with E-state index in [0.717, 1.165) is 29.5 Å². The Morgan fingerprint density at radius 3 is 1.93 bits per heavy atom. The second kappa shape index (κ2) is 13.0. The Morgan fingerprint density at radius 1 is 0.567 bits per heavy atom. The zero-order valence-corrected chi connectivity index (χ0v) is 41.4. The van der Waals surface area contributed by atoms with Gasteiger partial charge in [-0.1, -0.05) is 162 Å². The van der Waals surface area contributed by atoms with Gasteiger partial charge in [-0.05, 0) is 150 Å². The number of hydrogen-bond donors (Lipinski definition) is 0. The average Bonchev–Trinajstić information content (AvgIpc) is 3.91. The number of furan rings is 1. The van der Waals surface area contributed by atoms with Crippen molar-refractivity contribution in [1.29, 1.82) is 0 Å². The van der Waals surface area contributed by atoms with E-state index in [-0.39, 0.29) is 33.9 Å². The predicted molar refractivity (Wildman–Crippen MR) is 285 cm³/mol. The molecule has 4 heterocycles. The molecule has 0 saturated carbocycles. The second-order valence-corrected chi connectivity index (χ2v) is 24.4. The first-order valence-corrected chi connectivity index (χ1v) is 24.8. The zero-order valence-electron chi connectivity index (χ0n) is 41.4. The molecule has 0 unspecified atom stereocenters. The molecule has 7 aromatic carbocycles. The van der Waals surface area contributed by atoms with E-state index < -0.39 is 0 Å². The molecule has 0 radical (unpaired) electrons. The van der Waals surface area contributed by atoms with Gasteiger partial charge in [-0.2, -0.15) is 0 Å². The lowest BCUT2D eigenvalue weighted by Crippen LogP contribution is -2.60. The van der Waals surface area contributed by atoms with Gasteiger partial charge >= 0.3 is 6.85 Å². The summed E-state index contributed by atoms with van der Waals surface area (Å²) in [5.41, 5.74) is 25.5. The highest BCUT2D eigenvalue weighted by Crippen LogP contribution is 2.60. The molecular weight excluding hydrogens is 812 g/mol. The molecule has 13 rings (SSSR count). The summed E-state index contributed by atoms with van der Waals surface area (Å²) >= 11 is 0. The van der Waals surface area contributed by atoms with Gasteiger partial charge in [0.05, 0.1) is 16.7 Å². The molecule has 2 aromatic heterocycles. The lowest BCUT2D eigenvalue weighted by Gasteiger charge is -2.42. The minimum Gasteiger partial charge on any atom is -0.466 e. The first-order chi connectivity index (χ1) is 31.8. The molecule has 4 heteroatoms. The Balaban J connectivity index is 1.28. The van der Waals surface area contributed by atoms with E-state index in [0.29, 0.717) is 0 Å². The molecule has 332 valence electrons. The van der Waals surface area contributed by atoms with Crippen LogP contribution in [0.3, 0.4) is 0 Å². The highest BCUT2D eigenvalue weighted by atomic mass is 16.3. The molecule has 0 saturated heterocycles. The topological polar surface area (TPSA) is 21.3 Å². The summed E-state index contributed by atoms with van der Waals surface area (Å²) in [4.78, 5) is 2.64. The molecule has 2 aliphatic carbocycles. The molecule has 9 aromatic rings. The third kappa shape index (κ3) is 5.42. The van der Waals surface area contributed by atoms with Crippen molar-refractivity contribution >= 4 is 62.1 Å². The Labute approximate surface area is 396 Å². The third-order valence-corrected chi connectivity index (χ3v) is 16.9. The van der Waals surface area contributed by atoms with Crippen LogP contribution >= 0.6 is 0 Å². The Morgan fingerprint density at radius 2 is 1.22 bits per heavy atom. The molecule has 0 atom stereocenters. The van der Waals surface area contributed by atoms with Crippen LogP contribution in [0.2, 0.25) is 0 Å². The minimum atomic E-state index is -0.263. The van der Waals surface area contributed by atoms with Crippen LogP contribution < -0.4 is 15.9 Å². The van der Waals surface area contributed by atoms with Crippen LogP contribution in [0.15, 0.2) is 132 Å². The molecule has 0 bridgehead atoms. The Kier molecular flexibility index (Phi) is 7.97. The summed E-state index contributed by atoms with van der Waals surface area (Å²) in [5, 5.41) is 3.91. The third-order valence-electron chi connectivity index (χ3n) is 16.9. The standard InChI is InChI=1S/C63H61BN2O/c1-59(2,3)38-23-26-40(27-24-38)66-48-28-25-39(60(4,5)6)33-42(48)52-51-41-20-16-17-21-45(41)63(11,12)54(51)53-43-34-46-47(62(9,10)31-30-61(46,7)8)35-49(43)65-56-44-32-37(36-18-14-13-15-19-36)22-29-50(44)67-58(56)64(66)55(52)57(53)65/h13-29,32-35H,30-31H2,1-12H3. The van der Waals surface area contributed by atoms with Gasteiger partial charge in [0, 0.05) is 38.5 Å². The van der Waals surface area contributed by atoms with E-state index in [4.69, 9.17) is 4.42 Å². The van der Waals surface area contributed by atoms with Gasteiger partial charge in [0.2, 0.25) is 0 Å². The lowest BCUT2D eigenvalue weighted by atomic mass is 9.45. The number of benzene rings is 7. The van der Waals surface area contributed by atoms with Gasteiger partial charge in [0.1, 0.15) is 11.2 Å². The van der Waals surface area contributed by atoms with Gasteiger partial charge in [0.25, 0.3) is 0 Å². The highest BCUT2D eigenvalue weighted by molar-refractivity contribution is 6.93. The number of rotatable bonds is 2. The van der Waals surface area contributed by atoms with Gasteiger partial charge in [-0.15, -0.1) is 0 Å². The number of anilines is 2. The lowest BCUT2D eigenvalue weighted by molar-refractivity contribution is 0.332. The fourth-order valence-electron chi connectivity index (χ4n) is 13.1. The summed E-state index contributed by atoms with van der Waals surface area (Å²) < 4.78 is 10.3. The second-order valence-electron chi connectivity index (χ2n) is 24.4. The Bertz CT molecular complexity index is 3620. The minimum absolute atomic E-state index is 0.0237. The van der Waals surface area contributed by atoms with Gasteiger partial charge in [-0.25, -0.2) is 0 Å². The van der Waals surface area contributed by atoms with Gasteiger partial charge < -0.3 is 13.8 Å². The fourth-order valence-corrected chi connectivity index (χ4v) is 13.1. The van der Waals surface area contributed by atoms with Crippen LogP contribution in [0.4, 0.5) is 11.4 Å². The summed E-state index contributed by atoms with van der Waals surface area (Å²) in [6.07, 6.45) is 2.32. The smallest absolute Gasteiger partial charge is 0.375 e. The maximum absolute atomic E-state index is 7.56. The van der Waals surface area contributed by atoms with Crippen molar-refractivity contribution < 1.29 is 4.42 Å². The molecule has 2 aliphatic heterocycles. The van der Waals surface area contributed by atoms with Gasteiger partial charge in [-0.3, -0.25) is 0 Å². The number of fused-ring (bicyclic) bond motifs is 16. The molecule has 4 aliphatic rings. The molecule has 0 amide bonds. The van der Waals surface area contributed by atoms with Crippen LogP contribution in [-0.4, -0.2) is 11.4 Å². The fraction of sp³-hybridized carbons (Fsp3) is 0.302. The molecule has 67 heavy (non-hydrogen) atoms. The highest BCUT2D eigenvalue weighted by Gasteiger charge is 2.52. The molecule has 3 nitrogen and oxygen atoms in total. The maximum atomic E-state index is 7.56. The number of aromatic nitrogens is 1. The van der Waals surface area contributed by atoms with E-state index in [9.17, 15) is 0 Å². The number of nitrogens with zero attached hydrogens (tertiary/aromatic N) is 2. The molecule has 0 fully saturated rings. The predicted octanol–water partition coefficient (Wildman–Crippen LogP) is 15.7. The van der Waals surface area contributed by atoms with E-state index in [1.807, 2.05) is 0 Å². The summed E-state index contributed by atoms with van der Waals surface area (Å²) in [6.45, 7) is 28.6. The normalized spacial score (nSPS) is 17.1. The van der Waals surface area contributed by atoms with Crippen molar-refractivity contribution in [3.05, 3.63) is 161 Å². The summed E-state index contributed by atoms with van der Waals surface area (Å²) in [6, 6.07) is 49.1. The van der Waals surface area contributed by atoms with Crippen LogP contribution in [0.25, 0.3) is 71.8 Å². The van der Waals surface area contributed by atoms with Crippen LogP contribution in [-0.2, 0) is 27.1 Å². The van der Waals surface area contributed by atoms with Crippen molar-refractivity contribution in [2.45, 2.75) is 123 Å². The first-order valence-electron chi connectivity index (χ1n) is 24.8. The summed E-state index contributed by atoms with van der Waals surface area (Å²) in [5.74, 6) is 0. The molecule has 0 N–H and O–H groups in total. The van der Waals surface area contributed by atoms with Crippen molar-refractivity contribution in [2.75, 3.05) is 4.81 Å². The van der Waals surface area contributed by atoms with E-state index >= 15 is 0 Å². The van der Waals surface area contributed by atoms with Crippen molar-refractivity contribution in [1.82, 2.24) is 4.57 Å². The SMILES string of the molecule is CC(C)(C)c1ccc(N2B3c4oc5ccc(-c6ccccc6)cc5c4-n4c5cc6c(cc5c5c7c(c(c3c54)-c3cc(C(C)(C)C)ccc32)-c2ccccc2C7(C)C)C(C)(C)CCC6(C)C)cc1. The van der Waals surface area contributed by atoms with E-state index in [2.05, 4.69) is 220 Å². The van der Waals surface area contributed by atoms with E-state index in [1.165, 1.54) is 111 Å².